The van der Waals surface area contributed by atoms with Gasteiger partial charge in [0.2, 0.25) is 11.7 Å². The van der Waals surface area contributed by atoms with E-state index < -0.39 is 5.82 Å². The molecular formula is C18H18FN5O3. The Kier molecular flexibility index (Phi) is 5.39. The van der Waals surface area contributed by atoms with Crippen molar-refractivity contribution < 1.29 is 18.4 Å². The van der Waals surface area contributed by atoms with Crippen LogP contribution in [-0.4, -0.2) is 45.1 Å². The van der Waals surface area contributed by atoms with Crippen LogP contribution >= 0.6 is 0 Å². The Labute approximate surface area is 155 Å². The number of hydrogen-bond donors (Lipinski definition) is 0. The molecule has 0 fully saturated rings. The van der Waals surface area contributed by atoms with E-state index in [1.54, 1.807) is 31.3 Å². The first kappa shape index (κ1) is 18.4. The van der Waals surface area contributed by atoms with Crippen molar-refractivity contribution in [1.82, 2.24) is 25.0 Å². The minimum Gasteiger partial charge on any atom is -0.479 e. The summed E-state index contributed by atoms with van der Waals surface area (Å²) < 4.78 is 23.3. The molecule has 3 rings (SSSR count). The summed E-state index contributed by atoms with van der Waals surface area (Å²) in [4.78, 5) is 26.2. The van der Waals surface area contributed by atoms with Crippen LogP contribution in [0.5, 0.6) is 5.88 Å². The number of carbonyl (C=O) groups excluding carboxylic acids is 1. The molecule has 0 saturated heterocycles. The average Bonchev–Trinajstić information content (AvgIpc) is 3.15. The fourth-order valence-electron chi connectivity index (χ4n) is 2.40. The number of rotatable bonds is 6. The Morgan fingerprint density at radius 1 is 1.26 bits per heavy atom. The Bertz CT molecular complexity index is 942. The summed E-state index contributed by atoms with van der Waals surface area (Å²) >= 11 is 0. The number of aromatic nitrogens is 4. The van der Waals surface area contributed by atoms with Gasteiger partial charge in [-0.3, -0.25) is 4.79 Å². The second kappa shape index (κ2) is 7.90. The molecule has 0 spiro atoms. The van der Waals surface area contributed by atoms with E-state index in [4.69, 9.17) is 9.26 Å². The lowest BCUT2D eigenvalue weighted by molar-refractivity contribution is 0.0780. The van der Waals surface area contributed by atoms with Crippen LogP contribution in [0, 0.1) is 5.82 Å². The normalized spacial score (nSPS) is 10.7. The van der Waals surface area contributed by atoms with Crippen LogP contribution < -0.4 is 4.74 Å². The van der Waals surface area contributed by atoms with E-state index in [0.717, 1.165) is 6.20 Å². The Balaban J connectivity index is 1.73. The van der Waals surface area contributed by atoms with Crippen molar-refractivity contribution in [1.29, 1.82) is 0 Å². The highest BCUT2D eigenvalue weighted by Gasteiger charge is 2.16. The summed E-state index contributed by atoms with van der Waals surface area (Å²) in [6.45, 7) is 2.15. The Morgan fingerprint density at radius 2 is 2.00 bits per heavy atom. The molecule has 0 aliphatic heterocycles. The minimum atomic E-state index is -0.637. The number of ether oxygens (including phenoxy) is 1. The summed E-state index contributed by atoms with van der Waals surface area (Å²) in [7, 11) is 2.99. The highest BCUT2D eigenvalue weighted by atomic mass is 19.1. The van der Waals surface area contributed by atoms with Gasteiger partial charge in [0.05, 0.1) is 19.9 Å². The molecule has 0 aliphatic carbocycles. The van der Waals surface area contributed by atoms with Crippen molar-refractivity contribution in [2.24, 2.45) is 0 Å². The summed E-state index contributed by atoms with van der Waals surface area (Å²) in [6.07, 6.45) is 1.69. The lowest BCUT2D eigenvalue weighted by Crippen LogP contribution is -2.26. The van der Waals surface area contributed by atoms with Gasteiger partial charge in [-0.05, 0) is 12.1 Å². The number of aryl methyl sites for hydroxylation is 1. The second-order valence-corrected chi connectivity index (χ2v) is 5.75. The first-order valence-corrected chi connectivity index (χ1v) is 8.25. The van der Waals surface area contributed by atoms with Crippen LogP contribution in [0.25, 0.3) is 11.4 Å². The number of methoxy groups -OCH3 is 1. The molecule has 140 valence electrons. The van der Waals surface area contributed by atoms with E-state index in [1.807, 2.05) is 6.92 Å². The molecule has 2 heterocycles. The van der Waals surface area contributed by atoms with Gasteiger partial charge in [-0.25, -0.2) is 4.98 Å². The Hall–Kier alpha value is -3.36. The van der Waals surface area contributed by atoms with Crippen molar-refractivity contribution in [2.45, 2.75) is 19.9 Å². The van der Waals surface area contributed by atoms with Gasteiger partial charge in [0.25, 0.3) is 11.8 Å². The average molecular weight is 371 g/mol. The SMILES string of the molecule is CCc1nc(CN(C)C(=O)c2ccc(-c3ncc(F)c(OC)n3)cc2)no1. The van der Waals surface area contributed by atoms with Crippen LogP contribution in [0.1, 0.15) is 29.0 Å². The van der Waals surface area contributed by atoms with Gasteiger partial charge in [-0.15, -0.1) is 0 Å². The molecule has 1 aromatic carbocycles. The van der Waals surface area contributed by atoms with Crippen molar-refractivity contribution in [3.05, 3.63) is 53.6 Å². The summed E-state index contributed by atoms with van der Waals surface area (Å²) in [6, 6.07) is 6.69. The molecule has 0 radical (unpaired) electrons. The largest absolute Gasteiger partial charge is 0.479 e. The van der Waals surface area contributed by atoms with Gasteiger partial charge in [0, 0.05) is 24.6 Å². The van der Waals surface area contributed by atoms with Crippen LogP contribution in [0.4, 0.5) is 4.39 Å². The second-order valence-electron chi connectivity index (χ2n) is 5.75. The molecular weight excluding hydrogens is 353 g/mol. The first-order valence-electron chi connectivity index (χ1n) is 8.25. The molecule has 0 atom stereocenters. The lowest BCUT2D eigenvalue weighted by atomic mass is 10.1. The standard InChI is InChI=1S/C18H18FN5O3/c1-4-15-21-14(23-27-15)10-24(2)18(25)12-7-5-11(6-8-12)16-20-9-13(19)17(22-16)26-3/h5-9H,4,10H2,1-3H3. The number of benzene rings is 1. The fourth-order valence-corrected chi connectivity index (χ4v) is 2.40. The van der Waals surface area contributed by atoms with E-state index in [-0.39, 0.29) is 18.3 Å². The van der Waals surface area contributed by atoms with Crippen LogP contribution in [0.3, 0.4) is 0 Å². The zero-order valence-electron chi connectivity index (χ0n) is 15.1. The molecule has 1 amide bonds. The summed E-state index contributed by atoms with van der Waals surface area (Å²) in [5.74, 6) is 0.325. The number of carbonyl (C=O) groups is 1. The lowest BCUT2D eigenvalue weighted by Gasteiger charge is -2.15. The van der Waals surface area contributed by atoms with Crippen LogP contribution in [0.2, 0.25) is 0 Å². The fraction of sp³-hybridized carbons (Fsp3) is 0.278. The Morgan fingerprint density at radius 3 is 2.63 bits per heavy atom. The number of amides is 1. The number of nitrogens with zero attached hydrogens (tertiary/aromatic N) is 5. The molecule has 0 bridgehead atoms. The maximum Gasteiger partial charge on any atom is 0.254 e. The molecule has 0 unspecified atom stereocenters. The maximum atomic E-state index is 13.4. The third-order valence-electron chi connectivity index (χ3n) is 3.83. The molecule has 8 nitrogen and oxygen atoms in total. The maximum absolute atomic E-state index is 13.4. The smallest absolute Gasteiger partial charge is 0.254 e. The quantitative estimate of drug-likeness (QED) is 0.657. The molecule has 3 aromatic rings. The third kappa shape index (κ3) is 4.08. The van der Waals surface area contributed by atoms with E-state index in [2.05, 4.69) is 20.1 Å². The number of halogens is 1. The van der Waals surface area contributed by atoms with Crippen molar-refractivity contribution in [2.75, 3.05) is 14.2 Å². The van der Waals surface area contributed by atoms with Gasteiger partial charge in [-0.2, -0.15) is 14.4 Å². The third-order valence-corrected chi connectivity index (χ3v) is 3.83. The number of hydrogen-bond acceptors (Lipinski definition) is 7. The van der Waals surface area contributed by atoms with E-state index in [9.17, 15) is 9.18 Å². The molecule has 27 heavy (non-hydrogen) atoms. The van der Waals surface area contributed by atoms with Gasteiger partial charge >= 0.3 is 0 Å². The highest BCUT2D eigenvalue weighted by molar-refractivity contribution is 5.94. The predicted octanol–water partition coefficient (Wildman–Crippen LogP) is 2.51. The van der Waals surface area contributed by atoms with Gasteiger partial charge < -0.3 is 14.2 Å². The molecule has 2 aromatic heterocycles. The molecule has 0 N–H and O–H groups in total. The van der Waals surface area contributed by atoms with Crippen molar-refractivity contribution in [3.63, 3.8) is 0 Å². The highest BCUT2D eigenvalue weighted by Crippen LogP contribution is 2.20. The predicted molar refractivity (Wildman–Crippen MR) is 93.5 cm³/mol. The summed E-state index contributed by atoms with van der Waals surface area (Å²) in [5, 5.41) is 3.84. The zero-order chi connectivity index (χ0) is 19.4. The van der Waals surface area contributed by atoms with E-state index in [0.29, 0.717) is 35.1 Å². The topological polar surface area (TPSA) is 94.2 Å². The minimum absolute atomic E-state index is 0.133. The molecule has 9 heteroatoms. The monoisotopic (exact) mass is 371 g/mol. The van der Waals surface area contributed by atoms with Crippen LogP contribution in [-0.2, 0) is 13.0 Å². The zero-order valence-corrected chi connectivity index (χ0v) is 15.1. The molecule has 0 aliphatic rings. The summed E-state index contributed by atoms with van der Waals surface area (Å²) in [5.41, 5.74) is 1.12. The van der Waals surface area contributed by atoms with Gasteiger partial charge in [-0.1, -0.05) is 24.2 Å². The van der Waals surface area contributed by atoms with E-state index >= 15 is 0 Å². The molecule has 0 saturated carbocycles. The first-order chi connectivity index (χ1) is 13.0. The van der Waals surface area contributed by atoms with Gasteiger partial charge in [0.1, 0.15) is 0 Å². The van der Waals surface area contributed by atoms with Gasteiger partial charge in [0.15, 0.2) is 11.6 Å². The van der Waals surface area contributed by atoms with E-state index in [1.165, 1.54) is 12.0 Å². The van der Waals surface area contributed by atoms with Crippen molar-refractivity contribution in [3.8, 4) is 17.3 Å². The van der Waals surface area contributed by atoms with Crippen molar-refractivity contribution >= 4 is 5.91 Å². The van der Waals surface area contributed by atoms with Crippen LogP contribution in [0.15, 0.2) is 35.0 Å².